The maximum absolute atomic E-state index is 2.53. The lowest BCUT2D eigenvalue weighted by atomic mass is 9.64. The summed E-state index contributed by atoms with van der Waals surface area (Å²) < 4.78 is 0. The maximum atomic E-state index is 2.53. The Morgan fingerprint density at radius 1 is 0.300 bits per heavy atom. The molecule has 0 saturated heterocycles. The highest BCUT2D eigenvalue weighted by Gasteiger charge is 2.35. The first-order valence-corrected chi connectivity index (χ1v) is 16.0. The van der Waals surface area contributed by atoms with Crippen LogP contribution in [0.5, 0.6) is 0 Å². The second-order valence-electron chi connectivity index (χ2n) is 13.6. The van der Waals surface area contributed by atoms with Crippen LogP contribution in [0.1, 0.15) is 92.2 Å². The second-order valence-corrected chi connectivity index (χ2v) is 13.6. The molecule has 0 saturated carbocycles. The predicted octanol–water partition coefficient (Wildman–Crippen LogP) is 12.0. The molecular weight excluding hydrogens is 480 g/mol. The number of hydrogen-bond donors (Lipinski definition) is 0. The van der Waals surface area contributed by atoms with Crippen molar-refractivity contribution in [2.24, 2.45) is 47.3 Å². The Balaban J connectivity index is 1.44. The molecule has 0 radical (unpaired) electrons. The van der Waals surface area contributed by atoms with Crippen molar-refractivity contribution in [2.75, 3.05) is 0 Å². The zero-order valence-corrected chi connectivity index (χ0v) is 26.9. The van der Waals surface area contributed by atoms with Gasteiger partial charge in [-0.25, -0.2) is 0 Å². The molecule has 40 heavy (non-hydrogen) atoms. The fourth-order valence-corrected chi connectivity index (χ4v) is 7.65. The highest BCUT2D eigenvalue weighted by atomic mass is 14.4. The van der Waals surface area contributed by atoms with E-state index in [1.165, 1.54) is 32.7 Å². The average Bonchev–Trinajstić information content (AvgIpc) is 3.00. The first-order valence-electron chi connectivity index (χ1n) is 16.0. The van der Waals surface area contributed by atoms with Crippen molar-refractivity contribution in [3.8, 4) is 0 Å². The molecule has 4 aromatic rings. The molecule has 0 N–H and O–H groups in total. The minimum Gasteiger partial charge on any atom is -0.0620 e. The van der Waals surface area contributed by atoms with Crippen LogP contribution in [0.3, 0.4) is 0 Å². The number of rotatable bonds is 11. The summed E-state index contributed by atoms with van der Waals surface area (Å²) in [6, 6.07) is 31.5. The van der Waals surface area contributed by atoms with Gasteiger partial charge in [-0.2, -0.15) is 0 Å². The van der Waals surface area contributed by atoms with Crippen molar-refractivity contribution in [1.82, 2.24) is 0 Å². The van der Waals surface area contributed by atoms with E-state index in [-0.39, 0.29) is 0 Å². The van der Waals surface area contributed by atoms with E-state index in [4.69, 9.17) is 0 Å². The van der Waals surface area contributed by atoms with E-state index in [0.717, 1.165) is 0 Å². The van der Waals surface area contributed by atoms with Crippen LogP contribution in [-0.2, 0) is 0 Å². The van der Waals surface area contributed by atoms with Gasteiger partial charge in [-0.1, -0.05) is 154 Å². The summed E-state index contributed by atoms with van der Waals surface area (Å²) in [5, 5.41) is 5.55. The summed E-state index contributed by atoms with van der Waals surface area (Å²) in [7, 11) is 0. The molecule has 0 bridgehead atoms. The predicted molar refractivity (Wildman–Crippen MR) is 178 cm³/mol. The Hall–Kier alpha value is -2.60. The second kappa shape index (κ2) is 12.9. The highest BCUT2D eigenvalue weighted by molar-refractivity contribution is 5.86. The van der Waals surface area contributed by atoms with Gasteiger partial charge in [-0.15, -0.1) is 0 Å². The first-order chi connectivity index (χ1) is 19.0. The zero-order valence-electron chi connectivity index (χ0n) is 26.9. The third-order valence-electron chi connectivity index (χ3n) is 12.0. The molecule has 4 aromatic carbocycles. The van der Waals surface area contributed by atoms with Gasteiger partial charge in [-0.3, -0.25) is 0 Å². The minimum absolute atomic E-state index is 0.531. The van der Waals surface area contributed by atoms with Crippen LogP contribution in [0.2, 0.25) is 0 Å². The molecule has 4 rings (SSSR count). The quantitative estimate of drug-likeness (QED) is 0.179. The summed E-state index contributed by atoms with van der Waals surface area (Å²) >= 11 is 0. The van der Waals surface area contributed by atoms with E-state index in [1.807, 2.05) is 0 Å². The SMILES string of the molecule is C[C@H]([C@@H](C)[C@H](C)[C@@H](C)[C@H](C)[C@@H](C)c1cccc2ccccc12)[C@H](C)[C@@H](C)[C@H](C)[C@@H](C)c1cccc2ccccc12. The van der Waals surface area contributed by atoms with Gasteiger partial charge in [0.15, 0.2) is 0 Å². The van der Waals surface area contributed by atoms with Crippen LogP contribution in [0.25, 0.3) is 21.5 Å². The van der Waals surface area contributed by atoms with Crippen LogP contribution in [0, 0.1) is 47.3 Å². The van der Waals surface area contributed by atoms with Gasteiger partial charge < -0.3 is 0 Å². The molecule has 0 nitrogen and oxygen atoms in total. The van der Waals surface area contributed by atoms with Crippen molar-refractivity contribution in [2.45, 2.75) is 81.1 Å². The number of benzene rings is 4. The summed E-state index contributed by atoms with van der Waals surface area (Å²) in [4.78, 5) is 0. The summed E-state index contributed by atoms with van der Waals surface area (Å²) in [6.45, 7) is 25.0. The lowest BCUT2D eigenvalue weighted by Crippen LogP contribution is -2.34. The largest absolute Gasteiger partial charge is 0.0620 e. The van der Waals surface area contributed by atoms with Gasteiger partial charge in [0.05, 0.1) is 0 Å². The molecule has 0 aliphatic rings. The fraction of sp³-hybridized carbons (Fsp3) is 0.500. The lowest BCUT2D eigenvalue weighted by Gasteiger charge is -2.41. The van der Waals surface area contributed by atoms with Gasteiger partial charge in [0.2, 0.25) is 0 Å². The van der Waals surface area contributed by atoms with Gasteiger partial charge in [0, 0.05) is 0 Å². The zero-order chi connectivity index (χ0) is 29.1. The van der Waals surface area contributed by atoms with Gasteiger partial charge in [0.1, 0.15) is 0 Å². The summed E-state index contributed by atoms with van der Waals surface area (Å²) in [5.41, 5.74) is 3.01. The molecule has 0 fully saturated rings. The molecule has 0 heterocycles. The van der Waals surface area contributed by atoms with Crippen molar-refractivity contribution >= 4 is 21.5 Å². The van der Waals surface area contributed by atoms with E-state index in [2.05, 4.69) is 154 Å². The Morgan fingerprint density at radius 2 is 0.575 bits per heavy atom. The first kappa shape index (κ1) is 30.4. The van der Waals surface area contributed by atoms with Crippen LogP contribution in [0.15, 0.2) is 84.9 Å². The molecule has 214 valence electrons. The molecule has 0 unspecified atom stereocenters. The number of fused-ring (bicyclic) bond motifs is 2. The van der Waals surface area contributed by atoms with Crippen LogP contribution in [-0.4, -0.2) is 0 Å². The Morgan fingerprint density at radius 3 is 0.925 bits per heavy atom. The molecule has 0 aromatic heterocycles. The Kier molecular flexibility index (Phi) is 9.81. The van der Waals surface area contributed by atoms with E-state index in [9.17, 15) is 0 Å². The van der Waals surface area contributed by atoms with Gasteiger partial charge >= 0.3 is 0 Å². The van der Waals surface area contributed by atoms with E-state index < -0.39 is 0 Å². The molecule has 0 aliphatic carbocycles. The topological polar surface area (TPSA) is 0 Å². The van der Waals surface area contributed by atoms with Crippen molar-refractivity contribution < 1.29 is 0 Å². The molecule has 0 amide bonds. The highest BCUT2D eigenvalue weighted by Crippen LogP contribution is 2.44. The molecule has 0 aliphatic heterocycles. The minimum atomic E-state index is 0.531. The maximum Gasteiger partial charge on any atom is -0.0149 e. The monoisotopic (exact) mass is 534 g/mol. The molecule has 0 heteroatoms. The lowest BCUT2D eigenvalue weighted by molar-refractivity contribution is 0.0944. The fourth-order valence-electron chi connectivity index (χ4n) is 7.65. The third kappa shape index (κ3) is 6.02. The average molecular weight is 535 g/mol. The van der Waals surface area contributed by atoms with Crippen molar-refractivity contribution in [1.29, 1.82) is 0 Å². The summed E-state index contributed by atoms with van der Waals surface area (Å²) in [6.07, 6.45) is 0. The van der Waals surface area contributed by atoms with Crippen molar-refractivity contribution in [3.05, 3.63) is 96.1 Å². The Bertz CT molecular complexity index is 1260. The van der Waals surface area contributed by atoms with Crippen LogP contribution < -0.4 is 0 Å². The van der Waals surface area contributed by atoms with E-state index in [0.29, 0.717) is 59.2 Å². The molecule has 0 spiro atoms. The third-order valence-corrected chi connectivity index (χ3v) is 12.0. The molecular formula is C40H54. The van der Waals surface area contributed by atoms with E-state index >= 15 is 0 Å². The summed E-state index contributed by atoms with van der Waals surface area (Å²) in [5.74, 6) is 6.30. The standard InChI is InChI=1S/C40H54/c1-25(27(3)29(5)31(7)33(9)37-23-15-19-35-17-11-13-21-39(35)37)26(2)28(4)30(6)32(8)34(10)38-24-16-20-36-18-12-14-22-40(36)38/h11-34H,1-10H3/t25-,26-,27+,28+,29-,30-,31+,32+,33-,34-/m1/s1. The van der Waals surface area contributed by atoms with Crippen molar-refractivity contribution in [3.63, 3.8) is 0 Å². The smallest absolute Gasteiger partial charge is 0.0149 e. The van der Waals surface area contributed by atoms with E-state index in [1.54, 1.807) is 0 Å². The molecule has 10 atom stereocenters. The Labute approximate surface area is 245 Å². The van der Waals surface area contributed by atoms with Crippen LogP contribution in [0.4, 0.5) is 0 Å². The normalized spacial score (nSPS) is 19.8. The van der Waals surface area contributed by atoms with Gasteiger partial charge in [0.25, 0.3) is 0 Å². The van der Waals surface area contributed by atoms with Crippen LogP contribution >= 0.6 is 0 Å². The van der Waals surface area contributed by atoms with Gasteiger partial charge in [-0.05, 0) is 91.9 Å². The number of hydrogen-bond acceptors (Lipinski definition) is 0.